The zero-order valence-electron chi connectivity index (χ0n) is 33.3. The van der Waals surface area contributed by atoms with Crippen molar-refractivity contribution in [1.29, 1.82) is 0 Å². The molecule has 0 amide bonds. The highest BCUT2D eigenvalue weighted by Gasteiger charge is 2.48. The van der Waals surface area contributed by atoms with Gasteiger partial charge in [0.05, 0.1) is 16.8 Å². The molecule has 0 unspecified atom stereocenters. The molecule has 0 N–H and O–H groups in total. The molecule has 1 aliphatic rings. The lowest BCUT2D eigenvalue weighted by molar-refractivity contribution is 0.775. The van der Waals surface area contributed by atoms with Gasteiger partial charge in [-0.3, -0.25) is 0 Å². The summed E-state index contributed by atoms with van der Waals surface area (Å²) in [7, 11) is 0. The van der Waals surface area contributed by atoms with Gasteiger partial charge in [-0.25, -0.2) is 9.97 Å². The number of rotatable bonds is 6. The Hall–Kier alpha value is -7.94. The molecule has 61 heavy (non-hydrogen) atoms. The number of nitrogens with zero attached hydrogens (tertiary/aromatic N) is 2. The van der Waals surface area contributed by atoms with E-state index in [1.807, 2.05) is 0 Å². The molecule has 2 nitrogen and oxygen atoms in total. The van der Waals surface area contributed by atoms with Gasteiger partial charge in [-0.1, -0.05) is 218 Å². The van der Waals surface area contributed by atoms with E-state index in [2.05, 4.69) is 231 Å². The number of aromatic nitrogens is 2. The first-order chi connectivity index (χ1) is 30.3. The molecule has 0 fully saturated rings. The quantitative estimate of drug-likeness (QED) is 0.168. The number of benzene rings is 10. The fourth-order valence-electron chi connectivity index (χ4n) is 10.2. The predicted octanol–water partition coefficient (Wildman–Crippen LogP) is 15.0. The van der Waals surface area contributed by atoms with Crippen molar-refractivity contribution in [3.63, 3.8) is 0 Å². The third-order valence-electron chi connectivity index (χ3n) is 12.8. The second-order valence-corrected chi connectivity index (χ2v) is 16.0. The van der Waals surface area contributed by atoms with Crippen molar-refractivity contribution in [3.05, 3.63) is 253 Å². The summed E-state index contributed by atoms with van der Waals surface area (Å²) < 4.78 is 0. The largest absolute Gasteiger partial charge is 0.228 e. The minimum atomic E-state index is -0.538. The van der Waals surface area contributed by atoms with Crippen LogP contribution in [0.2, 0.25) is 0 Å². The van der Waals surface area contributed by atoms with Gasteiger partial charge in [0.2, 0.25) is 0 Å². The monoisotopic (exact) mass is 774 g/mol. The third-order valence-corrected chi connectivity index (χ3v) is 12.8. The van der Waals surface area contributed by atoms with Crippen LogP contribution < -0.4 is 0 Å². The lowest BCUT2D eigenvalue weighted by atomic mass is 9.66. The van der Waals surface area contributed by atoms with Gasteiger partial charge in [0, 0.05) is 16.7 Å². The van der Waals surface area contributed by atoms with Crippen molar-refractivity contribution in [3.8, 4) is 56.2 Å². The Morgan fingerprint density at radius 1 is 0.311 bits per heavy atom. The zero-order chi connectivity index (χ0) is 40.3. The van der Waals surface area contributed by atoms with Gasteiger partial charge in [-0.05, 0) is 89.0 Å². The highest BCUT2D eigenvalue weighted by Crippen LogP contribution is 2.60. The Bertz CT molecular complexity index is 3420. The van der Waals surface area contributed by atoms with Gasteiger partial charge in [-0.15, -0.1) is 0 Å². The molecule has 10 aromatic carbocycles. The molecule has 1 aromatic heterocycles. The summed E-state index contributed by atoms with van der Waals surface area (Å²) in [5, 5.41) is 7.13. The fraction of sp³-hybridized carbons (Fsp3) is 0.0169. The lowest BCUT2D eigenvalue weighted by Crippen LogP contribution is -2.28. The van der Waals surface area contributed by atoms with E-state index in [1.54, 1.807) is 0 Å². The molecular weight excluding hydrogens is 737 g/mol. The van der Waals surface area contributed by atoms with Crippen molar-refractivity contribution in [2.24, 2.45) is 0 Å². The van der Waals surface area contributed by atoms with Crippen molar-refractivity contribution in [2.45, 2.75) is 5.41 Å². The number of fused-ring (bicyclic) bond motifs is 7. The summed E-state index contributed by atoms with van der Waals surface area (Å²) in [4.78, 5) is 10.7. The first-order valence-corrected chi connectivity index (χ1v) is 21.0. The molecule has 0 saturated heterocycles. The minimum absolute atomic E-state index is 0.538. The van der Waals surface area contributed by atoms with E-state index in [0.717, 1.165) is 38.9 Å². The van der Waals surface area contributed by atoms with Gasteiger partial charge >= 0.3 is 0 Å². The third kappa shape index (κ3) is 5.43. The summed E-state index contributed by atoms with van der Waals surface area (Å²) in [5.74, 6) is 0.703. The smallest absolute Gasteiger partial charge is 0.161 e. The molecule has 1 aliphatic carbocycles. The highest BCUT2D eigenvalue weighted by molar-refractivity contribution is 6.10. The summed E-state index contributed by atoms with van der Waals surface area (Å²) >= 11 is 0. The lowest BCUT2D eigenvalue weighted by Gasteiger charge is -2.34. The van der Waals surface area contributed by atoms with E-state index >= 15 is 0 Å². The van der Waals surface area contributed by atoms with Crippen molar-refractivity contribution in [2.75, 3.05) is 0 Å². The first kappa shape index (κ1) is 35.0. The zero-order valence-corrected chi connectivity index (χ0v) is 33.3. The SMILES string of the molecule is c1ccc(-c2cc(-c3cccc4ccccc34)nc(-c3ccc(-c4cccc5c4-c4ccc6ccccc6c4C5(c4ccccc4)c4ccccc4)c4ccccc34)n2)cc1. The van der Waals surface area contributed by atoms with Crippen molar-refractivity contribution >= 4 is 32.3 Å². The maximum Gasteiger partial charge on any atom is 0.161 e. The molecular formula is C59H38N2. The van der Waals surface area contributed by atoms with Crippen LogP contribution >= 0.6 is 0 Å². The van der Waals surface area contributed by atoms with Crippen molar-refractivity contribution < 1.29 is 0 Å². The molecule has 2 heteroatoms. The van der Waals surface area contributed by atoms with Crippen LogP contribution in [0.4, 0.5) is 0 Å². The second-order valence-electron chi connectivity index (χ2n) is 16.0. The van der Waals surface area contributed by atoms with Gasteiger partial charge in [-0.2, -0.15) is 0 Å². The predicted molar refractivity (Wildman–Crippen MR) is 254 cm³/mol. The van der Waals surface area contributed by atoms with E-state index in [9.17, 15) is 0 Å². The maximum atomic E-state index is 5.39. The summed E-state index contributed by atoms with van der Waals surface area (Å²) in [5.41, 5.74) is 14.5. The Morgan fingerprint density at radius 2 is 0.820 bits per heavy atom. The van der Waals surface area contributed by atoms with Crippen LogP contribution in [0.3, 0.4) is 0 Å². The number of hydrogen-bond donors (Lipinski definition) is 0. The van der Waals surface area contributed by atoms with Crippen LogP contribution in [-0.4, -0.2) is 9.97 Å². The van der Waals surface area contributed by atoms with E-state index in [0.29, 0.717) is 5.82 Å². The van der Waals surface area contributed by atoms with Crippen LogP contribution in [0.15, 0.2) is 231 Å². The Balaban J connectivity index is 1.12. The molecule has 284 valence electrons. The Morgan fingerprint density at radius 3 is 1.54 bits per heavy atom. The Kier molecular flexibility index (Phi) is 8.11. The Labute approximate surface area is 355 Å². The number of hydrogen-bond acceptors (Lipinski definition) is 2. The summed E-state index contributed by atoms with van der Waals surface area (Å²) in [6.45, 7) is 0. The van der Waals surface area contributed by atoms with Gasteiger partial charge in [0.25, 0.3) is 0 Å². The van der Waals surface area contributed by atoms with Crippen molar-refractivity contribution in [1.82, 2.24) is 9.97 Å². The average molecular weight is 775 g/mol. The molecule has 0 atom stereocenters. The van der Waals surface area contributed by atoms with E-state index in [4.69, 9.17) is 9.97 Å². The van der Waals surface area contributed by atoms with Gasteiger partial charge in [0.1, 0.15) is 0 Å². The van der Waals surface area contributed by atoms with Crippen LogP contribution in [-0.2, 0) is 5.41 Å². The van der Waals surface area contributed by atoms with Crippen LogP contribution in [0.1, 0.15) is 22.3 Å². The van der Waals surface area contributed by atoms with E-state index in [1.165, 1.54) is 66.1 Å². The standard InChI is InChI=1S/C59H38N2/c1-4-20-41(21-5-1)54-38-55(49-31-16-22-39-18-10-12-27-44(39)49)61-58(60-54)51-37-36-48(46-29-14-15-30-47(46)51)50-32-17-33-53-56(50)52-35-34-40-19-11-13-28-45(40)57(52)59(53,42-23-6-2-7-24-42)43-25-8-3-9-26-43/h1-38H. The molecule has 0 bridgehead atoms. The molecule has 1 heterocycles. The molecule has 0 radical (unpaired) electrons. The topological polar surface area (TPSA) is 25.8 Å². The average Bonchev–Trinajstić information content (AvgIpc) is 3.66. The normalized spacial score (nSPS) is 12.7. The molecule has 11 aromatic rings. The second kappa shape index (κ2) is 14.1. The first-order valence-electron chi connectivity index (χ1n) is 21.0. The van der Waals surface area contributed by atoms with Crippen LogP contribution in [0.5, 0.6) is 0 Å². The maximum absolute atomic E-state index is 5.39. The van der Waals surface area contributed by atoms with Gasteiger partial charge in [0.15, 0.2) is 5.82 Å². The summed E-state index contributed by atoms with van der Waals surface area (Å²) in [6, 6.07) is 83.6. The summed E-state index contributed by atoms with van der Waals surface area (Å²) in [6.07, 6.45) is 0. The van der Waals surface area contributed by atoms with Crippen LogP contribution in [0.25, 0.3) is 88.5 Å². The van der Waals surface area contributed by atoms with E-state index < -0.39 is 5.41 Å². The van der Waals surface area contributed by atoms with Gasteiger partial charge < -0.3 is 0 Å². The molecule has 0 aliphatic heterocycles. The molecule has 0 spiro atoms. The van der Waals surface area contributed by atoms with Crippen LogP contribution in [0, 0.1) is 0 Å². The molecule has 0 saturated carbocycles. The minimum Gasteiger partial charge on any atom is -0.228 e. The van der Waals surface area contributed by atoms with E-state index in [-0.39, 0.29) is 0 Å². The fourth-order valence-corrected chi connectivity index (χ4v) is 10.2. The molecule has 12 rings (SSSR count). The highest BCUT2D eigenvalue weighted by atomic mass is 14.9.